The molecule has 0 atom stereocenters. The molecule has 2 heterocycles. The van der Waals surface area contributed by atoms with E-state index in [4.69, 9.17) is 4.42 Å². The summed E-state index contributed by atoms with van der Waals surface area (Å²) in [5.74, 6) is -0.364. The molecule has 2 aromatic heterocycles. The lowest BCUT2D eigenvalue weighted by Crippen LogP contribution is -2.34. The summed E-state index contributed by atoms with van der Waals surface area (Å²) in [6.07, 6.45) is 3.11. The summed E-state index contributed by atoms with van der Waals surface area (Å²) in [6.45, 7) is 0.208. The number of benzene rings is 1. The summed E-state index contributed by atoms with van der Waals surface area (Å²) >= 11 is 0. The molecule has 8 heteroatoms. The zero-order valence-corrected chi connectivity index (χ0v) is 15.8. The second-order valence-corrected chi connectivity index (χ2v) is 6.14. The molecule has 29 heavy (non-hydrogen) atoms. The molecule has 0 saturated heterocycles. The molecule has 0 aliphatic heterocycles. The number of rotatable bonds is 7. The summed E-state index contributed by atoms with van der Waals surface area (Å²) < 4.78 is 5.61. The topological polar surface area (TPSA) is 113 Å². The second kappa shape index (κ2) is 9.32. The highest BCUT2D eigenvalue weighted by Gasteiger charge is 2.13. The third kappa shape index (κ3) is 5.29. The average Bonchev–Trinajstić information content (AvgIpc) is 3.27. The Labute approximate surface area is 167 Å². The number of carbonyl (C=O) groups excluding carboxylic acids is 3. The van der Waals surface area contributed by atoms with Crippen LogP contribution in [-0.2, 0) is 11.3 Å². The van der Waals surface area contributed by atoms with Crippen LogP contribution in [0.4, 0.5) is 0 Å². The highest BCUT2D eigenvalue weighted by molar-refractivity contribution is 5.95. The number of furan rings is 1. The van der Waals surface area contributed by atoms with E-state index in [1.807, 2.05) is 24.3 Å². The van der Waals surface area contributed by atoms with E-state index >= 15 is 0 Å². The number of nitrogens with zero attached hydrogens (tertiary/aromatic N) is 1. The normalized spacial score (nSPS) is 10.2. The van der Waals surface area contributed by atoms with Gasteiger partial charge in [-0.1, -0.05) is 18.2 Å². The largest absolute Gasteiger partial charge is 0.451 e. The van der Waals surface area contributed by atoms with Crippen LogP contribution in [0.25, 0.3) is 11.3 Å². The Bertz CT molecular complexity index is 1010. The number of nitrogens with one attached hydrogen (secondary N) is 3. The Morgan fingerprint density at radius 3 is 2.62 bits per heavy atom. The van der Waals surface area contributed by atoms with E-state index in [-0.39, 0.29) is 24.1 Å². The Morgan fingerprint density at radius 2 is 1.86 bits per heavy atom. The Morgan fingerprint density at radius 1 is 1.00 bits per heavy atom. The van der Waals surface area contributed by atoms with E-state index < -0.39 is 5.91 Å². The van der Waals surface area contributed by atoms with Crippen LogP contribution in [0.15, 0.2) is 65.3 Å². The van der Waals surface area contributed by atoms with Crippen molar-refractivity contribution >= 4 is 17.7 Å². The fourth-order valence-electron chi connectivity index (χ4n) is 2.57. The molecule has 0 bridgehead atoms. The molecule has 0 aliphatic carbocycles. The molecule has 3 N–H and O–H groups in total. The molecular weight excluding hydrogens is 372 g/mol. The molecule has 3 amide bonds. The fraction of sp³-hybridized carbons (Fsp3) is 0.143. The smallest absolute Gasteiger partial charge is 0.287 e. The van der Waals surface area contributed by atoms with Crippen LogP contribution >= 0.6 is 0 Å². The van der Waals surface area contributed by atoms with Gasteiger partial charge < -0.3 is 20.4 Å². The summed E-state index contributed by atoms with van der Waals surface area (Å²) in [4.78, 5) is 39.3. The van der Waals surface area contributed by atoms with Crippen LogP contribution in [0.5, 0.6) is 0 Å². The Kier molecular flexibility index (Phi) is 6.36. The third-order valence-electron chi connectivity index (χ3n) is 4.11. The van der Waals surface area contributed by atoms with Gasteiger partial charge in [0.05, 0.1) is 12.1 Å². The number of amides is 3. The van der Waals surface area contributed by atoms with Gasteiger partial charge in [0.2, 0.25) is 5.91 Å². The van der Waals surface area contributed by atoms with Crippen molar-refractivity contribution in [1.82, 2.24) is 20.9 Å². The van der Waals surface area contributed by atoms with Crippen molar-refractivity contribution in [1.29, 1.82) is 0 Å². The Balaban J connectivity index is 1.64. The molecule has 148 valence electrons. The van der Waals surface area contributed by atoms with Gasteiger partial charge in [-0.3, -0.25) is 19.4 Å². The van der Waals surface area contributed by atoms with Gasteiger partial charge >= 0.3 is 0 Å². The minimum absolute atomic E-state index is 0.110. The van der Waals surface area contributed by atoms with Crippen molar-refractivity contribution in [3.8, 4) is 11.3 Å². The molecule has 0 aliphatic rings. The number of hydrogen-bond donors (Lipinski definition) is 3. The molecule has 0 saturated carbocycles. The van der Waals surface area contributed by atoms with Crippen molar-refractivity contribution in [2.75, 3.05) is 13.6 Å². The first-order chi connectivity index (χ1) is 14.1. The fourth-order valence-corrected chi connectivity index (χ4v) is 2.57. The van der Waals surface area contributed by atoms with Crippen molar-refractivity contribution in [3.05, 3.63) is 77.8 Å². The van der Waals surface area contributed by atoms with E-state index in [2.05, 4.69) is 20.9 Å². The molecule has 1 aromatic carbocycles. The number of likely N-dealkylation sites (N-methyl/N-ethyl adjacent to an activating group) is 1. The lowest BCUT2D eigenvalue weighted by molar-refractivity contribution is -0.119. The van der Waals surface area contributed by atoms with Gasteiger partial charge in [-0.25, -0.2) is 0 Å². The standard InChI is InChI=1S/C21H20N4O4/c1-22-19(26)13-25-21(28)18-8-7-17(29-18)15-5-2-4-14(10-15)11-24-20(27)16-6-3-9-23-12-16/h2-10,12H,11,13H2,1H3,(H,22,26)(H,24,27)(H,25,28). The predicted octanol–water partition coefficient (Wildman–Crippen LogP) is 1.75. The highest BCUT2D eigenvalue weighted by Crippen LogP contribution is 2.23. The predicted molar refractivity (Wildman–Crippen MR) is 106 cm³/mol. The molecule has 0 fully saturated rings. The first-order valence-corrected chi connectivity index (χ1v) is 8.93. The zero-order valence-electron chi connectivity index (χ0n) is 15.8. The van der Waals surface area contributed by atoms with Crippen LogP contribution in [0.2, 0.25) is 0 Å². The monoisotopic (exact) mass is 392 g/mol. The number of aromatic nitrogens is 1. The zero-order chi connectivity index (χ0) is 20.6. The van der Waals surface area contributed by atoms with Crippen LogP contribution < -0.4 is 16.0 Å². The third-order valence-corrected chi connectivity index (χ3v) is 4.11. The molecule has 3 rings (SSSR count). The second-order valence-electron chi connectivity index (χ2n) is 6.14. The molecular formula is C21H20N4O4. The summed E-state index contributed by atoms with van der Waals surface area (Å²) in [5.41, 5.74) is 2.13. The maximum atomic E-state index is 12.1. The van der Waals surface area contributed by atoms with E-state index in [0.29, 0.717) is 17.9 Å². The summed E-state index contributed by atoms with van der Waals surface area (Å²) in [7, 11) is 1.49. The van der Waals surface area contributed by atoms with Crippen molar-refractivity contribution in [3.63, 3.8) is 0 Å². The Hall–Kier alpha value is -3.94. The lowest BCUT2D eigenvalue weighted by atomic mass is 10.1. The van der Waals surface area contributed by atoms with Crippen LogP contribution in [0.1, 0.15) is 26.5 Å². The van der Waals surface area contributed by atoms with Gasteiger partial charge in [0.1, 0.15) is 5.76 Å². The first kappa shape index (κ1) is 19.8. The SMILES string of the molecule is CNC(=O)CNC(=O)c1ccc(-c2cccc(CNC(=O)c3cccnc3)c2)o1. The van der Waals surface area contributed by atoms with Gasteiger partial charge in [0.25, 0.3) is 11.8 Å². The van der Waals surface area contributed by atoms with Gasteiger partial charge in [0.15, 0.2) is 5.76 Å². The van der Waals surface area contributed by atoms with Gasteiger partial charge in [-0.05, 0) is 35.9 Å². The maximum Gasteiger partial charge on any atom is 0.287 e. The number of carbonyl (C=O) groups is 3. The highest BCUT2D eigenvalue weighted by atomic mass is 16.3. The van der Waals surface area contributed by atoms with E-state index in [1.54, 1.807) is 30.5 Å². The summed E-state index contributed by atoms with van der Waals surface area (Å²) in [6, 6.07) is 14.1. The molecule has 0 unspecified atom stereocenters. The molecule has 0 radical (unpaired) electrons. The minimum Gasteiger partial charge on any atom is -0.451 e. The van der Waals surface area contributed by atoms with Crippen LogP contribution in [-0.4, -0.2) is 36.3 Å². The first-order valence-electron chi connectivity index (χ1n) is 8.93. The van der Waals surface area contributed by atoms with Crippen molar-refractivity contribution < 1.29 is 18.8 Å². The number of hydrogen-bond acceptors (Lipinski definition) is 5. The summed E-state index contributed by atoms with van der Waals surface area (Å²) in [5, 5.41) is 7.74. The molecule has 0 spiro atoms. The van der Waals surface area contributed by atoms with Crippen LogP contribution in [0, 0.1) is 0 Å². The van der Waals surface area contributed by atoms with Crippen molar-refractivity contribution in [2.24, 2.45) is 0 Å². The minimum atomic E-state index is -0.472. The average molecular weight is 392 g/mol. The van der Waals surface area contributed by atoms with E-state index in [9.17, 15) is 14.4 Å². The van der Waals surface area contributed by atoms with Gasteiger partial charge in [-0.15, -0.1) is 0 Å². The quantitative estimate of drug-likeness (QED) is 0.567. The van der Waals surface area contributed by atoms with E-state index in [1.165, 1.54) is 13.2 Å². The lowest BCUT2D eigenvalue weighted by Gasteiger charge is -2.06. The van der Waals surface area contributed by atoms with Crippen LogP contribution in [0.3, 0.4) is 0 Å². The van der Waals surface area contributed by atoms with Crippen molar-refractivity contribution in [2.45, 2.75) is 6.54 Å². The van der Waals surface area contributed by atoms with Gasteiger partial charge in [-0.2, -0.15) is 0 Å². The molecule has 3 aromatic rings. The maximum absolute atomic E-state index is 12.1. The molecule has 8 nitrogen and oxygen atoms in total. The number of pyridine rings is 1. The van der Waals surface area contributed by atoms with E-state index in [0.717, 1.165) is 11.1 Å². The van der Waals surface area contributed by atoms with Gasteiger partial charge in [0, 0.05) is 31.5 Å².